The fraction of sp³-hybridized carbons (Fsp3) is 1.00. The number of aliphatic hydroxyl groups is 1. The third-order valence-corrected chi connectivity index (χ3v) is 2.59. The van der Waals surface area contributed by atoms with E-state index in [1.54, 1.807) is 7.11 Å². The van der Waals surface area contributed by atoms with Crippen LogP contribution in [-0.2, 0) is 14.2 Å². The highest BCUT2D eigenvalue weighted by atomic mass is 16.5. The maximum atomic E-state index is 9.38. The molecule has 0 aromatic rings. The molecule has 0 aliphatic rings. The summed E-state index contributed by atoms with van der Waals surface area (Å²) in [4.78, 5) is 0. The fourth-order valence-corrected chi connectivity index (χ4v) is 1.66. The lowest BCUT2D eigenvalue weighted by Crippen LogP contribution is -2.49. The maximum absolute atomic E-state index is 9.38. The zero-order chi connectivity index (χ0) is 13.9. The highest BCUT2D eigenvalue weighted by molar-refractivity contribution is 4.83. The summed E-state index contributed by atoms with van der Waals surface area (Å²) in [7, 11) is 1.65. The van der Waals surface area contributed by atoms with E-state index in [1.165, 1.54) is 0 Å². The minimum Gasteiger partial charge on any atom is -0.394 e. The summed E-state index contributed by atoms with van der Waals surface area (Å²) in [5.41, 5.74) is -0.273. The highest BCUT2D eigenvalue weighted by Gasteiger charge is 2.23. The minimum absolute atomic E-state index is 0.110. The van der Waals surface area contributed by atoms with Crippen molar-refractivity contribution in [2.24, 2.45) is 0 Å². The largest absolute Gasteiger partial charge is 0.394 e. The van der Waals surface area contributed by atoms with Crippen molar-refractivity contribution in [2.45, 2.75) is 38.8 Å². The van der Waals surface area contributed by atoms with E-state index < -0.39 is 0 Å². The van der Waals surface area contributed by atoms with Crippen LogP contribution in [0.3, 0.4) is 0 Å². The second-order valence-electron chi connectivity index (χ2n) is 4.99. The van der Waals surface area contributed by atoms with Gasteiger partial charge in [0.1, 0.15) is 0 Å². The van der Waals surface area contributed by atoms with Gasteiger partial charge in [0.2, 0.25) is 0 Å². The van der Waals surface area contributed by atoms with E-state index in [4.69, 9.17) is 14.2 Å². The summed E-state index contributed by atoms with van der Waals surface area (Å²) in [6.45, 7) is 9.24. The molecule has 0 amide bonds. The standard InChI is InChI=1S/C13H29NO4/c1-12(2)14-13(3,11-15)5-6-17-9-10-18-8-7-16-4/h12,14-15H,5-11H2,1-4H3. The molecule has 0 fully saturated rings. The van der Waals surface area contributed by atoms with Crippen molar-refractivity contribution in [1.82, 2.24) is 5.32 Å². The Balaban J connectivity index is 3.50. The van der Waals surface area contributed by atoms with E-state index in [-0.39, 0.29) is 12.1 Å². The number of nitrogens with one attached hydrogen (secondary N) is 1. The SMILES string of the molecule is COCCOCCOCCC(C)(CO)NC(C)C. The first kappa shape index (κ1) is 17.8. The molecular formula is C13H29NO4. The van der Waals surface area contributed by atoms with Crippen molar-refractivity contribution < 1.29 is 19.3 Å². The van der Waals surface area contributed by atoms with E-state index in [0.29, 0.717) is 39.1 Å². The molecule has 2 N–H and O–H groups in total. The number of aliphatic hydroxyl groups excluding tert-OH is 1. The van der Waals surface area contributed by atoms with Gasteiger partial charge in [-0.1, -0.05) is 13.8 Å². The average molecular weight is 263 g/mol. The van der Waals surface area contributed by atoms with Crippen molar-refractivity contribution in [2.75, 3.05) is 46.8 Å². The Morgan fingerprint density at radius 2 is 1.61 bits per heavy atom. The van der Waals surface area contributed by atoms with Crippen LogP contribution >= 0.6 is 0 Å². The fourth-order valence-electron chi connectivity index (χ4n) is 1.66. The molecule has 0 radical (unpaired) electrons. The molecule has 0 saturated carbocycles. The maximum Gasteiger partial charge on any atom is 0.0701 e. The Morgan fingerprint density at radius 1 is 1.06 bits per heavy atom. The molecule has 0 aliphatic heterocycles. The van der Waals surface area contributed by atoms with Crippen LogP contribution in [0.25, 0.3) is 0 Å². The minimum atomic E-state index is -0.273. The molecule has 0 aliphatic carbocycles. The van der Waals surface area contributed by atoms with Crippen LogP contribution in [0.1, 0.15) is 27.2 Å². The van der Waals surface area contributed by atoms with Gasteiger partial charge in [-0.2, -0.15) is 0 Å². The Bertz CT molecular complexity index is 190. The first-order valence-corrected chi connectivity index (χ1v) is 6.57. The van der Waals surface area contributed by atoms with Gasteiger partial charge in [0.05, 0.1) is 33.0 Å². The normalized spacial score (nSPS) is 15.0. The van der Waals surface area contributed by atoms with Gasteiger partial charge >= 0.3 is 0 Å². The highest BCUT2D eigenvalue weighted by Crippen LogP contribution is 2.10. The summed E-state index contributed by atoms with van der Waals surface area (Å²) >= 11 is 0. The zero-order valence-corrected chi connectivity index (χ0v) is 12.2. The summed E-state index contributed by atoms with van der Waals surface area (Å²) in [5.74, 6) is 0. The molecule has 0 aromatic carbocycles. The van der Waals surface area contributed by atoms with Crippen molar-refractivity contribution in [3.05, 3.63) is 0 Å². The Hall–Kier alpha value is -0.200. The topological polar surface area (TPSA) is 60.0 Å². The molecule has 5 nitrogen and oxygen atoms in total. The molecule has 0 bridgehead atoms. The molecule has 1 atom stereocenters. The first-order chi connectivity index (χ1) is 8.54. The van der Waals surface area contributed by atoms with Gasteiger partial charge in [0, 0.05) is 25.3 Å². The molecule has 18 heavy (non-hydrogen) atoms. The predicted molar refractivity (Wildman–Crippen MR) is 71.9 cm³/mol. The van der Waals surface area contributed by atoms with Crippen LogP contribution in [0, 0.1) is 0 Å². The van der Waals surface area contributed by atoms with Crippen molar-refractivity contribution in [1.29, 1.82) is 0 Å². The van der Waals surface area contributed by atoms with Gasteiger partial charge in [-0.05, 0) is 13.3 Å². The molecule has 0 aromatic heterocycles. The molecule has 0 heterocycles. The Kier molecular flexibility index (Phi) is 10.6. The number of methoxy groups -OCH3 is 1. The van der Waals surface area contributed by atoms with Crippen LogP contribution < -0.4 is 5.32 Å². The summed E-state index contributed by atoms with van der Waals surface area (Å²) < 4.78 is 15.6. The number of hydrogen-bond acceptors (Lipinski definition) is 5. The van der Waals surface area contributed by atoms with Gasteiger partial charge in [-0.3, -0.25) is 0 Å². The molecule has 0 spiro atoms. The smallest absolute Gasteiger partial charge is 0.0701 e. The number of hydrogen-bond donors (Lipinski definition) is 2. The third-order valence-electron chi connectivity index (χ3n) is 2.59. The molecule has 1 unspecified atom stereocenters. The quantitative estimate of drug-likeness (QED) is 0.510. The van der Waals surface area contributed by atoms with E-state index in [0.717, 1.165) is 6.42 Å². The third kappa shape index (κ3) is 9.79. The second-order valence-corrected chi connectivity index (χ2v) is 4.99. The van der Waals surface area contributed by atoms with E-state index in [2.05, 4.69) is 19.2 Å². The summed E-state index contributed by atoms with van der Waals surface area (Å²) in [6.07, 6.45) is 0.778. The van der Waals surface area contributed by atoms with Crippen LogP contribution in [0.2, 0.25) is 0 Å². The molecular weight excluding hydrogens is 234 g/mol. The molecule has 5 heteroatoms. The lowest BCUT2D eigenvalue weighted by atomic mass is 9.98. The summed E-state index contributed by atoms with van der Waals surface area (Å²) in [5, 5.41) is 12.7. The lowest BCUT2D eigenvalue weighted by Gasteiger charge is -2.31. The Morgan fingerprint density at radius 3 is 2.11 bits per heavy atom. The molecule has 0 saturated heterocycles. The van der Waals surface area contributed by atoms with Crippen molar-refractivity contribution in [3.8, 4) is 0 Å². The Labute approximate surface area is 111 Å². The number of rotatable bonds is 12. The zero-order valence-electron chi connectivity index (χ0n) is 12.2. The summed E-state index contributed by atoms with van der Waals surface area (Å²) in [6, 6.07) is 0.347. The van der Waals surface area contributed by atoms with Gasteiger partial charge in [0.25, 0.3) is 0 Å². The lowest BCUT2D eigenvalue weighted by molar-refractivity contribution is 0.0164. The van der Waals surface area contributed by atoms with E-state index >= 15 is 0 Å². The molecule has 110 valence electrons. The first-order valence-electron chi connectivity index (χ1n) is 6.57. The van der Waals surface area contributed by atoms with Gasteiger partial charge in [-0.15, -0.1) is 0 Å². The number of ether oxygens (including phenoxy) is 3. The average Bonchev–Trinajstić information content (AvgIpc) is 2.32. The van der Waals surface area contributed by atoms with Crippen LogP contribution in [0.5, 0.6) is 0 Å². The van der Waals surface area contributed by atoms with Crippen molar-refractivity contribution in [3.63, 3.8) is 0 Å². The van der Waals surface area contributed by atoms with Crippen molar-refractivity contribution >= 4 is 0 Å². The molecule has 0 rings (SSSR count). The van der Waals surface area contributed by atoms with E-state index in [1.807, 2.05) is 6.92 Å². The predicted octanol–water partition coefficient (Wildman–Crippen LogP) is 0.805. The van der Waals surface area contributed by atoms with Crippen LogP contribution in [0.15, 0.2) is 0 Å². The monoisotopic (exact) mass is 263 g/mol. The second kappa shape index (κ2) is 10.7. The van der Waals surface area contributed by atoms with Crippen LogP contribution in [-0.4, -0.2) is 63.4 Å². The van der Waals surface area contributed by atoms with Crippen LogP contribution in [0.4, 0.5) is 0 Å². The van der Waals surface area contributed by atoms with E-state index in [9.17, 15) is 5.11 Å². The van der Waals surface area contributed by atoms with Gasteiger partial charge < -0.3 is 24.6 Å². The van der Waals surface area contributed by atoms with Gasteiger partial charge in [0.15, 0.2) is 0 Å². The van der Waals surface area contributed by atoms with Gasteiger partial charge in [-0.25, -0.2) is 0 Å².